The van der Waals surface area contributed by atoms with Gasteiger partial charge >= 0.3 is 5.97 Å². The molecule has 7 heteroatoms. The van der Waals surface area contributed by atoms with E-state index in [1.807, 2.05) is 54.0 Å². The summed E-state index contributed by atoms with van der Waals surface area (Å²) in [5.41, 5.74) is 5.72. The first kappa shape index (κ1) is 18.9. The van der Waals surface area contributed by atoms with Crippen LogP contribution in [0.1, 0.15) is 26.4 Å². The zero-order valence-electron chi connectivity index (χ0n) is 15.5. The number of hydrogen-bond donors (Lipinski definition) is 2. The fourth-order valence-corrected chi connectivity index (χ4v) is 2.65. The number of carbonyl (C=O) groups excluding carboxylic acids is 1. The maximum absolute atomic E-state index is 12.3. The van der Waals surface area contributed by atoms with Crippen molar-refractivity contribution in [3.05, 3.63) is 83.7 Å². The highest BCUT2D eigenvalue weighted by molar-refractivity contribution is 5.95. The van der Waals surface area contributed by atoms with Crippen LogP contribution in [-0.4, -0.2) is 41.9 Å². The monoisotopic (exact) mass is 376 g/mol. The first-order valence-electron chi connectivity index (χ1n) is 8.57. The standard InChI is InChI=1S/C21H20N4O3/c1-24(2)18-6-3-5-16(13-18)20(26)23-22-14-19-7-4-12-25(19)17-10-8-15(9-11-17)21(27)28/h3-14H,1-2H3,(H,23,26)(H,27,28)/b22-14+. The number of rotatable bonds is 6. The van der Waals surface area contributed by atoms with Crippen molar-refractivity contribution in [1.82, 2.24) is 9.99 Å². The van der Waals surface area contributed by atoms with Crippen molar-refractivity contribution in [2.45, 2.75) is 0 Å². The fraction of sp³-hybridized carbons (Fsp3) is 0.0952. The lowest BCUT2D eigenvalue weighted by atomic mass is 10.2. The highest BCUT2D eigenvalue weighted by Gasteiger charge is 2.07. The first-order chi connectivity index (χ1) is 13.5. The lowest BCUT2D eigenvalue weighted by Crippen LogP contribution is -2.18. The predicted octanol–water partition coefficient (Wildman–Crippen LogP) is 3.01. The van der Waals surface area contributed by atoms with Crippen LogP contribution in [0.4, 0.5) is 5.69 Å². The van der Waals surface area contributed by atoms with Crippen LogP contribution < -0.4 is 10.3 Å². The van der Waals surface area contributed by atoms with Crippen molar-refractivity contribution in [2.75, 3.05) is 19.0 Å². The number of nitrogens with one attached hydrogen (secondary N) is 1. The number of hydrogen-bond acceptors (Lipinski definition) is 4. The molecule has 0 unspecified atom stereocenters. The van der Waals surface area contributed by atoms with Crippen molar-refractivity contribution in [1.29, 1.82) is 0 Å². The molecule has 3 rings (SSSR count). The van der Waals surface area contributed by atoms with E-state index in [0.29, 0.717) is 5.56 Å². The highest BCUT2D eigenvalue weighted by atomic mass is 16.4. The van der Waals surface area contributed by atoms with Crippen molar-refractivity contribution in [2.24, 2.45) is 5.10 Å². The van der Waals surface area contributed by atoms with Crippen molar-refractivity contribution in [3.63, 3.8) is 0 Å². The molecule has 1 aromatic heterocycles. The molecule has 0 fully saturated rings. The summed E-state index contributed by atoms with van der Waals surface area (Å²) in [7, 11) is 3.82. The summed E-state index contributed by atoms with van der Waals surface area (Å²) in [6, 6.07) is 17.4. The molecule has 0 aliphatic carbocycles. The Morgan fingerprint density at radius 1 is 1.04 bits per heavy atom. The maximum Gasteiger partial charge on any atom is 0.335 e. The summed E-state index contributed by atoms with van der Waals surface area (Å²) in [6.45, 7) is 0. The molecule has 0 atom stereocenters. The number of carbonyl (C=O) groups is 2. The van der Waals surface area contributed by atoms with Crippen LogP contribution >= 0.6 is 0 Å². The van der Waals surface area contributed by atoms with Crippen LogP contribution in [0, 0.1) is 0 Å². The van der Waals surface area contributed by atoms with Gasteiger partial charge in [-0.1, -0.05) is 6.07 Å². The summed E-state index contributed by atoms with van der Waals surface area (Å²) in [5, 5.41) is 13.0. The summed E-state index contributed by atoms with van der Waals surface area (Å²) >= 11 is 0. The molecule has 0 aliphatic heterocycles. The second-order valence-electron chi connectivity index (χ2n) is 6.30. The van der Waals surface area contributed by atoms with Gasteiger partial charge in [0.25, 0.3) is 5.91 Å². The molecule has 0 bridgehead atoms. The summed E-state index contributed by atoms with van der Waals surface area (Å²) in [5.74, 6) is -1.27. The van der Waals surface area contributed by atoms with Crippen LogP contribution in [0.2, 0.25) is 0 Å². The van der Waals surface area contributed by atoms with Gasteiger partial charge < -0.3 is 14.6 Å². The van der Waals surface area contributed by atoms with Gasteiger partial charge in [0.1, 0.15) is 0 Å². The zero-order valence-corrected chi connectivity index (χ0v) is 15.5. The minimum atomic E-state index is -0.970. The molecule has 0 aliphatic rings. The summed E-state index contributed by atoms with van der Waals surface area (Å²) in [6.07, 6.45) is 3.37. The third-order valence-electron chi connectivity index (χ3n) is 4.16. The minimum absolute atomic E-state index is 0.221. The fourth-order valence-electron chi connectivity index (χ4n) is 2.65. The van der Waals surface area contributed by atoms with Crippen LogP contribution in [0.15, 0.2) is 72.0 Å². The van der Waals surface area contributed by atoms with Gasteiger partial charge in [-0.25, -0.2) is 10.2 Å². The second-order valence-corrected chi connectivity index (χ2v) is 6.30. The van der Waals surface area contributed by atoms with Crippen molar-refractivity contribution >= 4 is 23.8 Å². The Bertz CT molecular complexity index is 1020. The van der Waals surface area contributed by atoms with E-state index < -0.39 is 5.97 Å². The SMILES string of the molecule is CN(C)c1cccc(C(=O)N/N=C/c2cccn2-c2ccc(C(=O)O)cc2)c1. The van der Waals surface area contributed by atoms with E-state index >= 15 is 0 Å². The van der Waals surface area contributed by atoms with Gasteiger partial charge in [0.15, 0.2) is 0 Å². The number of amides is 1. The number of carboxylic acid groups (broad SMARTS) is 1. The predicted molar refractivity (Wildman–Crippen MR) is 109 cm³/mol. The number of aromatic carboxylic acids is 1. The smallest absolute Gasteiger partial charge is 0.335 e. The number of hydrazone groups is 1. The Morgan fingerprint density at radius 3 is 2.46 bits per heavy atom. The molecule has 3 aromatic rings. The van der Waals surface area contributed by atoms with Gasteiger partial charge in [0.05, 0.1) is 17.5 Å². The Kier molecular flexibility index (Phi) is 5.55. The Morgan fingerprint density at radius 2 is 1.79 bits per heavy atom. The van der Waals surface area contributed by atoms with Gasteiger partial charge in [0, 0.05) is 37.2 Å². The van der Waals surface area contributed by atoms with Gasteiger partial charge in [-0.3, -0.25) is 4.79 Å². The summed E-state index contributed by atoms with van der Waals surface area (Å²) in [4.78, 5) is 25.2. The number of carboxylic acids is 1. The minimum Gasteiger partial charge on any atom is -0.478 e. The Labute approximate surface area is 162 Å². The lowest BCUT2D eigenvalue weighted by molar-refractivity contribution is 0.0696. The topological polar surface area (TPSA) is 86.9 Å². The van der Waals surface area contributed by atoms with Crippen molar-refractivity contribution < 1.29 is 14.7 Å². The molecule has 2 N–H and O–H groups in total. The third-order valence-corrected chi connectivity index (χ3v) is 4.16. The third kappa shape index (κ3) is 4.27. The van der Waals surface area contributed by atoms with Gasteiger partial charge in [-0.15, -0.1) is 0 Å². The molecule has 0 saturated carbocycles. The Balaban J connectivity index is 1.72. The largest absolute Gasteiger partial charge is 0.478 e. The van der Waals surface area contributed by atoms with Crippen LogP contribution in [0.3, 0.4) is 0 Å². The zero-order chi connectivity index (χ0) is 20.1. The van der Waals surface area contributed by atoms with Gasteiger partial charge in [-0.05, 0) is 54.6 Å². The van der Waals surface area contributed by atoms with E-state index in [4.69, 9.17) is 5.11 Å². The highest BCUT2D eigenvalue weighted by Crippen LogP contribution is 2.14. The molecule has 0 saturated heterocycles. The molecule has 28 heavy (non-hydrogen) atoms. The molecule has 142 valence electrons. The maximum atomic E-state index is 12.3. The molecule has 0 spiro atoms. The number of benzene rings is 2. The second kappa shape index (κ2) is 8.22. The molecule has 7 nitrogen and oxygen atoms in total. The van der Waals surface area contributed by atoms with Crippen molar-refractivity contribution in [3.8, 4) is 5.69 Å². The molecule has 2 aromatic carbocycles. The molecule has 0 radical (unpaired) electrons. The van der Waals surface area contributed by atoms with Gasteiger partial charge in [-0.2, -0.15) is 5.10 Å². The first-order valence-corrected chi connectivity index (χ1v) is 8.57. The lowest BCUT2D eigenvalue weighted by Gasteiger charge is -2.12. The van der Waals surface area contributed by atoms with Crippen LogP contribution in [0.5, 0.6) is 0 Å². The molecular formula is C21H20N4O3. The van der Waals surface area contributed by atoms with E-state index in [1.54, 1.807) is 30.5 Å². The average molecular weight is 376 g/mol. The summed E-state index contributed by atoms with van der Waals surface area (Å²) < 4.78 is 1.84. The van der Waals surface area contributed by atoms with Crippen LogP contribution in [0.25, 0.3) is 5.69 Å². The molecule has 1 amide bonds. The average Bonchev–Trinajstić information content (AvgIpc) is 3.16. The van der Waals surface area contributed by atoms with Crippen LogP contribution in [-0.2, 0) is 0 Å². The molecule has 1 heterocycles. The van der Waals surface area contributed by atoms with E-state index in [-0.39, 0.29) is 11.5 Å². The number of aromatic nitrogens is 1. The normalized spacial score (nSPS) is 10.8. The quantitative estimate of drug-likeness (QED) is 0.511. The molecular weight excluding hydrogens is 356 g/mol. The Hall–Kier alpha value is -3.87. The number of nitrogens with zero attached hydrogens (tertiary/aromatic N) is 3. The number of anilines is 1. The van der Waals surface area contributed by atoms with E-state index in [1.165, 1.54) is 12.1 Å². The van der Waals surface area contributed by atoms with Gasteiger partial charge in [0.2, 0.25) is 0 Å². The van der Waals surface area contributed by atoms with E-state index in [0.717, 1.165) is 17.1 Å². The van der Waals surface area contributed by atoms with E-state index in [2.05, 4.69) is 10.5 Å². The van der Waals surface area contributed by atoms with E-state index in [9.17, 15) is 9.59 Å².